The molecule has 0 radical (unpaired) electrons. The van der Waals surface area contributed by atoms with Gasteiger partial charge in [0, 0.05) is 6.04 Å². The minimum absolute atomic E-state index is 0.147. The Hall–Kier alpha value is -0.840. The molecule has 0 spiro atoms. The zero-order valence-electron chi connectivity index (χ0n) is 8.19. The van der Waals surface area contributed by atoms with Gasteiger partial charge in [0.25, 0.3) is 0 Å². The van der Waals surface area contributed by atoms with Crippen LogP contribution in [0.4, 0.5) is 0 Å². The second-order valence-corrected chi connectivity index (χ2v) is 5.91. The molecule has 0 aromatic carbocycles. The molecule has 1 rings (SSSR count). The van der Waals surface area contributed by atoms with Crippen LogP contribution in [0.15, 0.2) is 12.7 Å². The first-order valence-electron chi connectivity index (χ1n) is 4.60. The van der Waals surface area contributed by atoms with Crippen LogP contribution in [0.2, 0.25) is 0 Å². The van der Waals surface area contributed by atoms with Gasteiger partial charge in [-0.3, -0.25) is 4.79 Å². The summed E-state index contributed by atoms with van der Waals surface area (Å²) < 4.78 is 22.9. The minimum atomic E-state index is -3.36. The molecule has 14 heavy (non-hydrogen) atoms. The number of nitrogens with one attached hydrogen (secondary N) is 1. The van der Waals surface area contributed by atoms with Crippen molar-refractivity contribution in [2.75, 3.05) is 5.75 Å². The first kappa shape index (κ1) is 11.2. The van der Waals surface area contributed by atoms with E-state index in [1.807, 2.05) is 0 Å². The van der Waals surface area contributed by atoms with Crippen molar-refractivity contribution in [2.24, 2.45) is 0 Å². The molecule has 1 N–H and O–H groups in total. The number of carbonyl (C=O) groups is 1. The van der Waals surface area contributed by atoms with E-state index in [1.165, 1.54) is 13.0 Å². The lowest BCUT2D eigenvalue weighted by Crippen LogP contribution is -2.39. The van der Waals surface area contributed by atoms with Gasteiger partial charge in [-0.05, 0) is 19.8 Å². The van der Waals surface area contributed by atoms with E-state index in [0.717, 1.165) is 12.8 Å². The molecule has 1 aliphatic rings. The highest BCUT2D eigenvalue weighted by Gasteiger charge is 2.31. The van der Waals surface area contributed by atoms with Gasteiger partial charge in [-0.15, -0.1) is 6.58 Å². The van der Waals surface area contributed by atoms with Gasteiger partial charge < -0.3 is 5.32 Å². The van der Waals surface area contributed by atoms with Crippen molar-refractivity contribution in [1.29, 1.82) is 0 Å². The molecule has 1 saturated carbocycles. The monoisotopic (exact) mass is 217 g/mol. The van der Waals surface area contributed by atoms with Gasteiger partial charge in [0.05, 0.1) is 5.75 Å². The first-order chi connectivity index (χ1) is 6.47. The fourth-order valence-corrected chi connectivity index (χ4v) is 2.03. The number of hydrogen-bond acceptors (Lipinski definition) is 3. The van der Waals surface area contributed by atoms with Crippen molar-refractivity contribution in [3.05, 3.63) is 12.7 Å². The fourth-order valence-electron chi connectivity index (χ4n) is 1.02. The molecule has 0 heterocycles. The van der Waals surface area contributed by atoms with Gasteiger partial charge in [-0.1, -0.05) is 6.08 Å². The highest BCUT2D eigenvalue weighted by atomic mass is 32.2. The zero-order chi connectivity index (χ0) is 10.8. The predicted molar refractivity (Wildman–Crippen MR) is 54.6 cm³/mol. The summed E-state index contributed by atoms with van der Waals surface area (Å²) in [7, 11) is -3.36. The Morgan fingerprint density at radius 3 is 2.64 bits per heavy atom. The molecular formula is C9H15NO3S. The first-order valence-corrected chi connectivity index (χ1v) is 6.31. The largest absolute Gasteiger partial charge is 0.352 e. The van der Waals surface area contributed by atoms with E-state index in [4.69, 9.17) is 0 Å². The Balaban J connectivity index is 2.57. The van der Waals surface area contributed by atoms with E-state index in [0.29, 0.717) is 0 Å². The van der Waals surface area contributed by atoms with E-state index < -0.39 is 21.0 Å². The van der Waals surface area contributed by atoms with Gasteiger partial charge in [0.1, 0.15) is 5.25 Å². The summed E-state index contributed by atoms with van der Waals surface area (Å²) in [6.45, 7) is 4.76. The smallest absolute Gasteiger partial charge is 0.238 e. The van der Waals surface area contributed by atoms with Crippen LogP contribution in [0.3, 0.4) is 0 Å². The van der Waals surface area contributed by atoms with Gasteiger partial charge >= 0.3 is 0 Å². The van der Waals surface area contributed by atoms with Crippen LogP contribution in [0.25, 0.3) is 0 Å². The van der Waals surface area contributed by atoms with Gasteiger partial charge in [0.15, 0.2) is 9.84 Å². The van der Waals surface area contributed by atoms with Crippen LogP contribution >= 0.6 is 0 Å². The van der Waals surface area contributed by atoms with Crippen LogP contribution in [-0.4, -0.2) is 31.4 Å². The molecule has 0 aliphatic heterocycles. The van der Waals surface area contributed by atoms with Crippen molar-refractivity contribution in [3.8, 4) is 0 Å². The molecule has 1 amide bonds. The maximum atomic E-state index is 11.4. The zero-order valence-corrected chi connectivity index (χ0v) is 9.01. The third-order valence-electron chi connectivity index (χ3n) is 2.18. The average Bonchev–Trinajstić information content (AvgIpc) is 2.86. The van der Waals surface area contributed by atoms with E-state index >= 15 is 0 Å². The number of sulfone groups is 1. The average molecular weight is 217 g/mol. The van der Waals surface area contributed by atoms with Crippen molar-refractivity contribution in [3.63, 3.8) is 0 Å². The second kappa shape index (κ2) is 4.13. The van der Waals surface area contributed by atoms with Crippen LogP contribution in [0.5, 0.6) is 0 Å². The Morgan fingerprint density at radius 2 is 2.21 bits per heavy atom. The summed E-state index contributed by atoms with van der Waals surface area (Å²) in [6.07, 6.45) is 3.22. The molecule has 0 aromatic rings. The summed E-state index contributed by atoms with van der Waals surface area (Å²) >= 11 is 0. The summed E-state index contributed by atoms with van der Waals surface area (Å²) in [5.41, 5.74) is 0. The Kier molecular flexibility index (Phi) is 3.31. The van der Waals surface area contributed by atoms with Gasteiger partial charge in [-0.2, -0.15) is 0 Å². The van der Waals surface area contributed by atoms with Crippen molar-refractivity contribution in [2.45, 2.75) is 31.1 Å². The minimum Gasteiger partial charge on any atom is -0.352 e. The Bertz CT molecular complexity index is 330. The molecule has 0 saturated heterocycles. The Morgan fingerprint density at radius 1 is 1.64 bits per heavy atom. The molecular weight excluding hydrogens is 202 g/mol. The highest BCUT2D eigenvalue weighted by molar-refractivity contribution is 7.92. The second-order valence-electron chi connectivity index (χ2n) is 3.54. The number of amides is 1. The molecule has 4 nitrogen and oxygen atoms in total. The van der Waals surface area contributed by atoms with Gasteiger partial charge in [-0.25, -0.2) is 8.42 Å². The maximum absolute atomic E-state index is 11.4. The number of rotatable bonds is 5. The Labute approximate surface area is 84.3 Å². The normalized spacial score (nSPS) is 18.6. The van der Waals surface area contributed by atoms with Gasteiger partial charge in [0.2, 0.25) is 5.91 Å². The van der Waals surface area contributed by atoms with Crippen LogP contribution in [0.1, 0.15) is 19.8 Å². The fraction of sp³-hybridized carbons (Fsp3) is 0.667. The van der Waals surface area contributed by atoms with Crippen molar-refractivity contribution in [1.82, 2.24) is 5.32 Å². The number of carbonyl (C=O) groups excluding carboxylic acids is 1. The summed E-state index contributed by atoms with van der Waals surface area (Å²) in [4.78, 5) is 11.4. The lowest BCUT2D eigenvalue weighted by Gasteiger charge is -2.11. The molecule has 1 atom stereocenters. The van der Waals surface area contributed by atoms with E-state index in [9.17, 15) is 13.2 Å². The van der Waals surface area contributed by atoms with Crippen molar-refractivity contribution < 1.29 is 13.2 Å². The highest BCUT2D eigenvalue weighted by Crippen LogP contribution is 2.19. The predicted octanol–water partition coefficient (Wildman–Crippen LogP) is 0.254. The topological polar surface area (TPSA) is 63.2 Å². The van der Waals surface area contributed by atoms with E-state index in [1.54, 1.807) is 0 Å². The van der Waals surface area contributed by atoms with Crippen LogP contribution in [-0.2, 0) is 14.6 Å². The summed E-state index contributed by atoms with van der Waals surface area (Å²) in [5, 5.41) is 1.69. The molecule has 1 unspecified atom stereocenters. The van der Waals surface area contributed by atoms with Crippen LogP contribution < -0.4 is 5.32 Å². The lowest BCUT2D eigenvalue weighted by molar-refractivity contribution is -0.120. The summed E-state index contributed by atoms with van der Waals surface area (Å²) in [5.74, 6) is -0.541. The molecule has 1 fully saturated rings. The quantitative estimate of drug-likeness (QED) is 0.672. The maximum Gasteiger partial charge on any atom is 0.238 e. The molecule has 80 valence electrons. The third-order valence-corrected chi connectivity index (χ3v) is 4.17. The lowest BCUT2D eigenvalue weighted by atomic mass is 10.4. The SMILES string of the molecule is C=CCS(=O)(=O)C(C)C(=O)NC1CC1. The third kappa shape index (κ3) is 2.83. The molecule has 0 aromatic heterocycles. The molecule has 0 bridgehead atoms. The summed E-state index contributed by atoms with van der Waals surface area (Å²) in [6, 6.07) is 0.198. The molecule has 1 aliphatic carbocycles. The number of hydrogen-bond donors (Lipinski definition) is 1. The molecule has 5 heteroatoms. The van der Waals surface area contributed by atoms with Crippen molar-refractivity contribution >= 4 is 15.7 Å². The van der Waals surface area contributed by atoms with Crippen LogP contribution in [0, 0.1) is 0 Å². The van der Waals surface area contributed by atoms with E-state index in [-0.39, 0.29) is 11.8 Å². The van der Waals surface area contributed by atoms with E-state index in [2.05, 4.69) is 11.9 Å². The standard InChI is InChI=1S/C9H15NO3S/c1-3-6-14(12,13)7(2)9(11)10-8-4-5-8/h3,7-8H,1,4-6H2,2H3,(H,10,11).